The molecule has 0 aromatic heterocycles. The molecule has 24 heavy (non-hydrogen) atoms. The minimum atomic E-state index is -0.595. The smallest absolute Gasteiger partial charge is 0.251 e. The lowest BCUT2D eigenvalue weighted by atomic mass is 9.92. The molecule has 1 amide bonds. The molecule has 126 valence electrons. The molecule has 5 heteroatoms. The molecule has 0 spiro atoms. The van der Waals surface area contributed by atoms with Gasteiger partial charge in [-0.2, -0.15) is 0 Å². The quantitative estimate of drug-likeness (QED) is 0.908. The molecule has 0 aliphatic heterocycles. The van der Waals surface area contributed by atoms with E-state index in [0.29, 0.717) is 23.4 Å². The van der Waals surface area contributed by atoms with Crippen molar-refractivity contribution in [2.75, 3.05) is 13.7 Å². The summed E-state index contributed by atoms with van der Waals surface area (Å²) < 4.78 is 32.3. The fourth-order valence-corrected chi connectivity index (χ4v) is 3.18. The predicted molar refractivity (Wildman–Crippen MR) is 87.1 cm³/mol. The highest BCUT2D eigenvalue weighted by atomic mass is 19.1. The van der Waals surface area contributed by atoms with Crippen molar-refractivity contribution >= 4 is 5.91 Å². The Morgan fingerprint density at radius 3 is 2.46 bits per heavy atom. The number of nitrogens with one attached hydrogen (secondary N) is 1. The van der Waals surface area contributed by atoms with Gasteiger partial charge < -0.3 is 10.1 Å². The molecular weight excluding hydrogens is 312 g/mol. The molecule has 0 bridgehead atoms. The summed E-state index contributed by atoms with van der Waals surface area (Å²) in [5, 5.41) is 2.87. The number of rotatable bonds is 5. The van der Waals surface area contributed by atoms with Crippen LogP contribution in [0.3, 0.4) is 0 Å². The Labute approximate surface area is 139 Å². The third-order valence-electron chi connectivity index (χ3n) is 4.84. The van der Waals surface area contributed by atoms with Crippen molar-refractivity contribution in [1.82, 2.24) is 5.32 Å². The predicted octanol–water partition coefficient (Wildman–Crippen LogP) is 3.68. The molecule has 2 aromatic carbocycles. The summed E-state index contributed by atoms with van der Waals surface area (Å²) in [4.78, 5) is 12.3. The molecule has 1 saturated carbocycles. The van der Waals surface area contributed by atoms with Crippen molar-refractivity contribution in [2.45, 2.75) is 18.8 Å². The zero-order valence-electron chi connectivity index (χ0n) is 13.6. The first-order chi connectivity index (χ1) is 11.5. The van der Waals surface area contributed by atoms with Crippen LogP contribution in [-0.4, -0.2) is 19.6 Å². The van der Waals surface area contributed by atoms with Crippen molar-refractivity contribution in [3.05, 3.63) is 65.2 Å². The Bertz CT molecular complexity index is 760. The Morgan fingerprint density at radius 2 is 1.92 bits per heavy atom. The molecule has 1 aliphatic rings. The highest BCUT2D eigenvalue weighted by Crippen LogP contribution is 2.54. The average molecular weight is 331 g/mol. The number of halogens is 2. The lowest BCUT2D eigenvalue weighted by Crippen LogP contribution is -2.33. The Hall–Kier alpha value is -2.43. The van der Waals surface area contributed by atoms with Crippen LogP contribution in [0.5, 0.6) is 5.75 Å². The fourth-order valence-electron chi connectivity index (χ4n) is 3.18. The number of methoxy groups -OCH3 is 1. The molecule has 3 nitrogen and oxygen atoms in total. The van der Waals surface area contributed by atoms with Gasteiger partial charge in [0.2, 0.25) is 0 Å². The number of hydrogen-bond donors (Lipinski definition) is 1. The largest absolute Gasteiger partial charge is 0.497 e. The van der Waals surface area contributed by atoms with Crippen molar-refractivity contribution in [2.24, 2.45) is 5.92 Å². The molecule has 0 radical (unpaired) electrons. The van der Waals surface area contributed by atoms with E-state index in [2.05, 4.69) is 5.32 Å². The minimum Gasteiger partial charge on any atom is -0.497 e. The van der Waals surface area contributed by atoms with Crippen LogP contribution in [0.4, 0.5) is 8.78 Å². The van der Waals surface area contributed by atoms with Gasteiger partial charge in [-0.15, -0.1) is 0 Å². The highest BCUT2D eigenvalue weighted by Gasteiger charge is 2.53. The van der Waals surface area contributed by atoms with E-state index in [4.69, 9.17) is 4.74 Å². The van der Waals surface area contributed by atoms with Gasteiger partial charge in [-0.05, 0) is 48.2 Å². The summed E-state index contributed by atoms with van der Waals surface area (Å²) >= 11 is 0. The molecular formula is C19H19F2NO2. The van der Waals surface area contributed by atoms with E-state index >= 15 is 0 Å². The molecule has 2 unspecified atom stereocenters. The molecule has 1 N–H and O–H groups in total. The SMILES string of the molecule is COc1ccc(C(=O)NCC2(c3ccc(F)cc3F)CC2C)cc1. The van der Waals surface area contributed by atoms with Gasteiger partial charge in [0.25, 0.3) is 5.91 Å². The van der Waals surface area contributed by atoms with Gasteiger partial charge in [-0.25, -0.2) is 8.78 Å². The monoisotopic (exact) mass is 331 g/mol. The van der Waals surface area contributed by atoms with Crippen LogP contribution in [0.25, 0.3) is 0 Å². The summed E-state index contributed by atoms with van der Waals surface area (Å²) in [5.74, 6) is -0.473. The van der Waals surface area contributed by atoms with Gasteiger partial charge in [0.15, 0.2) is 0 Å². The fraction of sp³-hybridized carbons (Fsp3) is 0.316. The first-order valence-electron chi connectivity index (χ1n) is 7.84. The van der Waals surface area contributed by atoms with Crippen molar-refractivity contribution in [3.63, 3.8) is 0 Å². The van der Waals surface area contributed by atoms with Crippen LogP contribution in [0.2, 0.25) is 0 Å². The zero-order chi connectivity index (χ0) is 17.3. The Kier molecular flexibility index (Phi) is 4.26. The second-order valence-electron chi connectivity index (χ2n) is 6.30. The van der Waals surface area contributed by atoms with Gasteiger partial charge in [0.05, 0.1) is 7.11 Å². The van der Waals surface area contributed by atoms with Gasteiger partial charge in [-0.1, -0.05) is 13.0 Å². The van der Waals surface area contributed by atoms with Crippen molar-refractivity contribution in [1.29, 1.82) is 0 Å². The number of benzene rings is 2. The molecule has 2 aromatic rings. The minimum absolute atomic E-state index is 0.223. The normalized spacial score (nSPS) is 22.1. The van der Waals surface area contributed by atoms with E-state index in [-0.39, 0.29) is 11.8 Å². The van der Waals surface area contributed by atoms with E-state index in [1.165, 1.54) is 12.1 Å². The highest BCUT2D eigenvalue weighted by molar-refractivity contribution is 5.94. The molecule has 0 heterocycles. The standard InChI is InChI=1S/C19H19F2NO2/c1-12-10-19(12,16-8-5-14(20)9-17(16)21)11-22-18(23)13-3-6-15(24-2)7-4-13/h3-9,12H,10-11H2,1-2H3,(H,22,23). The van der Waals surface area contributed by atoms with E-state index in [1.54, 1.807) is 31.4 Å². The molecule has 0 saturated heterocycles. The summed E-state index contributed by atoms with van der Waals surface area (Å²) in [6.07, 6.45) is 0.762. The first kappa shape index (κ1) is 16.4. The maximum atomic E-state index is 14.1. The van der Waals surface area contributed by atoms with E-state index in [1.807, 2.05) is 6.92 Å². The van der Waals surface area contributed by atoms with Crippen molar-refractivity contribution in [3.8, 4) is 5.75 Å². The number of hydrogen-bond acceptors (Lipinski definition) is 2. The third-order valence-corrected chi connectivity index (χ3v) is 4.84. The lowest BCUT2D eigenvalue weighted by Gasteiger charge is -2.19. The van der Waals surface area contributed by atoms with Gasteiger partial charge in [0.1, 0.15) is 17.4 Å². The maximum Gasteiger partial charge on any atom is 0.251 e. The number of amides is 1. The van der Waals surface area contributed by atoms with Crippen LogP contribution < -0.4 is 10.1 Å². The zero-order valence-corrected chi connectivity index (χ0v) is 13.6. The van der Waals surface area contributed by atoms with E-state index < -0.39 is 17.0 Å². The van der Waals surface area contributed by atoms with Crippen LogP contribution >= 0.6 is 0 Å². The van der Waals surface area contributed by atoms with E-state index in [9.17, 15) is 13.6 Å². The summed E-state index contributed by atoms with van der Waals surface area (Å²) in [5.41, 5.74) is 0.519. The number of carbonyl (C=O) groups excluding carboxylic acids is 1. The third kappa shape index (κ3) is 2.98. The van der Waals surface area contributed by atoms with Gasteiger partial charge in [0, 0.05) is 23.6 Å². The number of ether oxygens (including phenoxy) is 1. The Morgan fingerprint density at radius 1 is 1.25 bits per heavy atom. The van der Waals surface area contributed by atoms with Crippen LogP contribution in [0.1, 0.15) is 29.3 Å². The molecule has 3 rings (SSSR count). The van der Waals surface area contributed by atoms with Crippen LogP contribution in [0.15, 0.2) is 42.5 Å². The Balaban J connectivity index is 1.73. The second kappa shape index (κ2) is 6.23. The van der Waals surface area contributed by atoms with E-state index in [0.717, 1.165) is 12.5 Å². The summed E-state index contributed by atoms with van der Waals surface area (Å²) in [6, 6.07) is 10.4. The average Bonchev–Trinajstić information content (AvgIpc) is 3.23. The summed E-state index contributed by atoms with van der Waals surface area (Å²) in [6.45, 7) is 2.32. The second-order valence-corrected chi connectivity index (χ2v) is 6.30. The molecule has 2 atom stereocenters. The van der Waals surface area contributed by atoms with Crippen LogP contribution in [-0.2, 0) is 5.41 Å². The van der Waals surface area contributed by atoms with Gasteiger partial charge >= 0.3 is 0 Å². The van der Waals surface area contributed by atoms with Gasteiger partial charge in [-0.3, -0.25) is 4.79 Å². The molecule has 1 fully saturated rings. The lowest BCUT2D eigenvalue weighted by molar-refractivity contribution is 0.0948. The first-order valence-corrected chi connectivity index (χ1v) is 7.84. The number of carbonyl (C=O) groups is 1. The topological polar surface area (TPSA) is 38.3 Å². The van der Waals surface area contributed by atoms with Crippen molar-refractivity contribution < 1.29 is 18.3 Å². The van der Waals surface area contributed by atoms with Crippen LogP contribution in [0, 0.1) is 17.6 Å². The maximum absolute atomic E-state index is 14.1. The summed E-state index contributed by atoms with van der Waals surface area (Å²) in [7, 11) is 1.56. The molecule has 1 aliphatic carbocycles.